The fourth-order valence-corrected chi connectivity index (χ4v) is 4.12. The number of hydrogen-bond acceptors (Lipinski definition) is 5. The first-order chi connectivity index (χ1) is 16.2. The first-order valence-electron chi connectivity index (χ1n) is 10.6. The molecule has 0 spiro atoms. The summed E-state index contributed by atoms with van der Waals surface area (Å²) < 4.78 is 64.4. The Balaban J connectivity index is 0.000000540. The van der Waals surface area contributed by atoms with Crippen LogP contribution in [0.1, 0.15) is 38.7 Å². The van der Waals surface area contributed by atoms with Gasteiger partial charge in [0.2, 0.25) is 5.91 Å². The second-order valence-corrected chi connectivity index (χ2v) is 9.71. The number of anilines is 1. The number of carbonyl (C=O) groups excluding carboxylic acids is 1. The number of nitrogens with one attached hydrogen (secondary N) is 2. The summed E-state index contributed by atoms with van der Waals surface area (Å²) in [5.74, 6) is -2.12. The maximum absolute atomic E-state index is 12.6. The number of ether oxygens (including phenoxy) is 1. The number of carboxylic acid groups (broad SMARTS) is 1. The predicted molar refractivity (Wildman–Crippen MR) is 123 cm³/mol. The molecule has 1 aliphatic rings. The van der Waals surface area contributed by atoms with Crippen molar-refractivity contribution >= 4 is 27.6 Å². The van der Waals surface area contributed by atoms with Crippen molar-refractivity contribution in [2.75, 3.05) is 11.8 Å². The van der Waals surface area contributed by atoms with Gasteiger partial charge in [0.1, 0.15) is 5.75 Å². The molecule has 2 aromatic carbocycles. The average Bonchev–Trinajstić information content (AvgIpc) is 3.61. The lowest BCUT2D eigenvalue weighted by atomic mass is 9.94. The molecule has 1 saturated carbocycles. The number of carboxylic acids is 1. The Morgan fingerprint density at radius 2 is 1.60 bits per heavy atom. The highest BCUT2D eigenvalue weighted by Crippen LogP contribution is 2.48. The number of amides is 1. The van der Waals surface area contributed by atoms with Gasteiger partial charge in [-0.15, -0.1) is 0 Å². The van der Waals surface area contributed by atoms with Crippen LogP contribution < -0.4 is 14.8 Å². The number of carbonyl (C=O) groups is 2. The quantitative estimate of drug-likeness (QED) is 0.486. The van der Waals surface area contributed by atoms with Gasteiger partial charge in [-0.25, -0.2) is 13.2 Å². The van der Waals surface area contributed by atoms with E-state index in [9.17, 15) is 26.4 Å². The zero-order valence-corrected chi connectivity index (χ0v) is 20.2. The third kappa shape index (κ3) is 7.35. The summed E-state index contributed by atoms with van der Waals surface area (Å²) in [6.45, 7) is 4.03. The van der Waals surface area contributed by atoms with Crippen molar-refractivity contribution in [3.8, 4) is 5.75 Å². The van der Waals surface area contributed by atoms with Gasteiger partial charge < -0.3 is 15.2 Å². The minimum Gasteiger partial charge on any atom is -0.497 e. The molecule has 1 atom stereocenters. The van der Waals surface area contributed by atoms with Crippen LogP contribution in [0.3, 0.4) is 0 Å². The van der Waals surface area contributed by atoms with Crippen LogP contribution in [0.4, 0.5) is 18.9 Å². The van der Waals surface area contributed by atoms with Gasteiger partial charge in [0.05, 0.1) is 17.4 Å². The van der Waals surface area contributed by atoms with Gasteiger partial charge in [0, 0.05) is 11.7 Å². The molecule has 0 radical (unpaired) electrons. The van der Waals surface area contributed by atoms with Gasteiger partial charge >= 0.3 is 12.1 Å². The monoisotopic (exact) mass is 516 g/mol. The summed E-state index contributed by atoms with van der Waals surface area (Å²) in [6.07, 6.45) is -2.58. The first-order valence-corrected chi connectivity index (χ1v) is 12.1. The maximum atomic E-state index is 12.6. The molecule has 1 aliphatic carbocycles. The largest absolute Gasteiger partial charge is 0.497 e. The third-order valence-corrected chi connectivity index (χ3v) is 6.87. The number of benzene rings is 2. The summed E-state index contributed by atoms with van der Waals surface area (Å²) >= 11 is 0. The molecule has 192 valence electrons. The van der Waals surface area contributed by atoms with Crippen LogP contribution in [0, 0.1) is 0 Å². The van der Waals surface area contributed by atoms with Crippen LogP contribution >= 0.6 is 0 Å². The van der Waals surface area contributed by atoms with E-state index in [1.54, 1.807) is 24.3 Å². The molecule has 12 heteroatoms. The van der Waals surface area contributed by atoms with Crippen molar-refractivity contribution in [2.24, 2.45) is 0 Å². The van der Waals surface area contributed by atoms with Crippen molar-refractivity contribution in [3.63, 3.8) is 0 Å². The smallest absolute Gasteiger partial charge is 0.490 e. The molecular formula is C23H27F3N2O6S. The van der Waals surface area contributed by atoms with Gasteiger partial charge in [-0.3, -0.25) is 9.52 Å². The van der Waals surface area contributed by atoms with Gasteiger partial charge in [0.15, 0.2) is 0 Å². The van der Waals surface area contributed by atoms with E-state index in [2.05, 4.69) is 10.0 Å². The second-order valence-electron chi connectivity index (χ2n) is 8.03. The summed E-state index contributed by atoms with van der Waals surface area (Å²) in [5, 5.41) is 10.2. The molecule has 1 unspecified atom stereocenters. The summed E-state index contributed by atoms with van der Waals surface area (Å²) in [5.41, 5.74) is 0.898. The molecule has 3 rings (SSSR count). The third-order valence-electron chi connectivity index (χ3n) is 5.48. The minimum absolute atomic E-state index is 0.0495. The zero-order valence-electron chi connectivity index (χ0n) is 19.3. The Labute approximate surface area is 201 Å². The number of rotatable bonds is 8. The van der Waals surface area contributed by atoms with Gasteiger partial charge in [-0.2, -0.15) is 13.2 Å². The molecule has 0 bridgehead atoms. The van der Waals surface area contributed by atoms with E-state index in [0.29, 0.717) is 11.4 Å². The summed E-state index contributed by atoms with van der Waals surface area (Å²) in [7, 11) is -2.16. The van der Waals surface area contributed by atoms with E-state index < -0.39 is 27.6 Å². The fourth-order valence-electron chi connectivity index (χ4n) is 3.06. The van der Waals surface area contributed by atoms with E-state index in [-0.39, 0.29) is 16.8 Å². The molecule has 8 nitrogen and oxygen atoms in total. The van der Waals surface area contributed by atoms with Gasteiger partial charge in [-0.1, -0.05) is 19.1 Å². The number of hydrogen-bond donors (Lipinski definition) is 3. The lowest BCUT2D eigenvalue weighted by Gasteiger charge is -2.19. The van der Waals surface area contributed by atoms with Crippen LogP contribution in [-0.2, 0) is 25.0 Å². The van der Waals surface area contributed by atoms with E-state index in [4.69, 9.17) is 14.6 Å². The lowest BCUT2D eigenvalue weighted by Crippen LogP contribution is -2.39. The van der Waals surface area contributed by atoms with Gasteiger partial charge in [-0.05, 0) is 68.1 Å². The highest BCUT2D eigenvalue weighted by atomic mass is 32.2. The summed E-state index contributed by atoms with van der Waals surface area (Å²) in [6, 6.07) is 13.4. The van der Waals surface area contributed by atoms with E-state index >= 15 is 0 Å². The Hall–Kier alpha value is -3.28. The molecule has 0 saturated heterocycles. The van der Waals surface area contributed by atoms with Crippen molar-refractivity contribution in [1.29, 1.82) is 0 Å². The Morgan fingerprint density at radius 3 is 2.00 bits per heavy atom. The molecule has 3 N–H and O–H groups in total. The number of alkyl halides is 3. The van der Waals surface area contributed by atoms with Crippen LogP contribution in [-0.4, -0.2) is 44.7 Å². The van der Waals surface area contributed by atoms with Crippen molar-refractivity contribution in [3.05, 3.63) is 54.1 Å². The van der Waals surface area contributed by atoms with Crippen LogP contribution in [0.2, 0.25) is 0 Å². The van der Waals surface area contributed by atoms with Crippen molar-refractivity contribution < 1.29 is 41.0 Å². The molecule has 0 aromatic heterocycles. The number of halogens is 3. The summed E-state index contributed by atoms with van der Waals surface area (Å²) in [4.78, 5) is 21.7. The highest BCUT2D eigenvalue weighted by molar-refractivity contribution is 7.92. The zero-order chi connectivity index (χ0) is 26.4. The molecule has 0 aliphatic heterocycles. The highest BCUT2D eigenvalue weighted by Gasteiger charge is 2.51. The Kier molecular flexibility index (Phi) is 8.77. The second kappa shape index (κ2) is 11.0. The van der Waals surface area contributed by atoms with Gasteiger partial charge in [0.25, 0.3) is 10.0 Å². The van der Waals surface area contributed by atoms with Crippen LogP contribution in [0.25, 0.3) is 0 Å². The Morgan fingerprint density at radius 1 is 1.09 bits per heavy atom. The maximum Gasteiger partial charge on any atom is 0.490 e. The molecule has 0 heterocycles. The van der Waals surface area contributed by atoms with Crippen molar-refractivity contribution in [1.82, 2.24) is 5.32 Å². The molecule has 35 heavy (non-hydrogen) atoms. The van der Waals surface area contributed by atoms with E-state index in [1.807, 2.05) is 26.0 Å². The predicted octanol–water partition coefficient (Wildman–Crippen LogP) is 4.08. The SMILES string of the molecule is CCC(C)NC(=O)C1(c2ccc(NS(=O)(=O)c3ccc(OC)cc3)cc2)CC1.O=C(O)C(F)(F)F. The standard InChI is InChI=1S/C21H26N2O4S.C2HF3O2/c1-4-15(2)22-20(24)21(13-14-21)16-5-7-17(8-6-16)23-28(25,26)19-11-9-18(27-3)10-12-19;3-2(4,5)1(6)7/h5-12,15,23H,4,13-14H2,1-3H3,(H,22,24);(H,6,7). The molecule has 1 amide bonds. The fraction of sp³-hybridized carbons (Fsp3) is 0.391. The van der Waals surface area contributed by atoms with Crippen LogP contribution in [0.15, 0.2) is 53.4 Å². The van der Waals surface area contributed by atoms with Crippen LogP contribution in [0.5, 0.6) is 5.75 Å². The normalized spacial score (nSPS) is 15.1. The first kappa shape index (κ1) is 28.0. The topological polar surface area (TPSA) is 122 Å². The average molecular weight is 517 g/mol. The van der Waals surface area contributed by atoms with Crippen molar-refractivity contribution in [2.45, 2.75) is 55.6 Å². The Bertz CT molecular complexity index is 1130. The molecule has 1 fully saturated rings. The number of aliphatic carboxylic acids is 1. The van der Waals surface area contributed by atoms with E-state index in [0.717, 1.165) is 24.8 Å². The lowest BCUT2D eigenvalue weighted by molar-refractivity contribution is -0.192. The number of sulfonamides is 1. The minimum atomic E-state index is -5.08. The van der Waals surface area contributed by atoms with E-state index in [1.165, 1.54) is 19.2 Å². The number of methoxy groups -OCH3 is 1. The molecular weight excluding hydrogens is 489 g/mol. The molecule has 2 aromatic rings.